The molecular weight excluding hydrogens is 229 g/mol. The maximum absolute atomic E-state index is 13.5. The molecule has 0 bridgehead atoms. The van der Waals surface area contributed by atoms with Gasteiger partial charge in [0.05, 0.1) is 5.56 Å². The highest BCUT2D eigenvalue weighted by Crippen LogP contribution is 2.14. The van der Waals surface area contributed by atoms with Gasteiger partial charge in [0.2, 0.25) is 0 Å². The van der Waals surface area contributed by atoms with E-state index < -0.39 is 5.82 Å². The van der Waals surface area contributed by atoms with Crippen molar-refractivity contribution < 1.29 is 9.18 Å². The van der Waals surface area contributed by atoms with Crippen LogP contribution in [0.3, 0.4) is 0 Å². The largest absolute Gasteiger partial charge is 0.326 e. The summed E-state index contributed by atoms with van der Waals surface area (Å²) in [6.07, 6.45) is 0.175. The molecule has 0 fully saturated rings. The summed E-state index contributed by atoms with van der Waals surface area (Å²) in [5, 5.41) is 0. The fourth-order valence-electron chi connectivity index (χ4n) is 1.88. The van der Waals surface area contributed by atoms with Gasteiger partial charge in [-0.2, -0.15) is 0 Å². The predicted molar refractivity (Wildman–Crippen MR) is 68.8 cm³/mol. The molecule has 0 heterocycles. The number of hydrogen-bond acceptors (Lipinski definition) is 2. The molecule has 0 aromatic heterocycles. The quantitative estimate of drug-likeness (QED) is 0.839. The third-order valence-corrected chi connectivity index (χ3v) is 2.86. The maximum Gasteiger partial charge on any atom is 0.170 e. The highest BCUT2D eigenvalue weighted by Gasteiger charge is 2.12. The van der Waals surface area contributed by atoms with Gasteiger partial charge in [0.25, 0.3) is 0 Å². The Kier molecular flexibility index (Phi) is 3.85. The van der Waals surface area contributed by atoms with Gasteiger partial charge in [-0.15, -0.1) is 0 Å². The molecule has 0 amide bonds. The van der Waals surface area contributed by atoms with Gasteiger partial charge in [0.1, 0.15) is 5.82 Å². The predicted octanol–water partition coefficient (Wildman–Crippen LogP) is 2.71. The number of Topliss-reactive ketones (excluding diaryl/α,β-unsaturated/α-hetero) is 1. The normalized spacial score (nSPS) is 10.3. The molecule has 0 aliphatic carbocycles. The van der Waals surface area contributed by atoms with Crippen molar-refractivity contribution in [3.05, 3.63) is 71.0 Å². The minimum Gasteiger partial charge on any atom is -0.326 e. The number of nitrogens with two attached hydrogens (primary N) is 1. The highest BCUT2D eigenvalue weighted by atomic mass is 19.1. The van der Waals surface area contributed by atoms with Gasteiger partial charge in [-0.3, -0.25) is 4.79 Å². The molecule has 2 aromatic rings. The van der Waals surface area contributed by atoms with E-state index >= 15 is 0 Å². The standard InChI is InChI=1S/C15H14FNO/c16-14-8-4-3-7-13(14)15(18)9-11-5-1-2-6-12(11)10-17/h1-8H,9-10,17H2. The van der Waals surface area contributed by atoms with Gasteiger partial charge < -0.3 is 5.73 Å². The first kappa shape index (κ1) is 12.5. The topological polar surface area (TPSA) is 43.1 Å². The van der Waals surface area contributed by atoms with Crippen molar-refractivity contribution in [3.63, 3.8) is 0 Å². The first-order valence-corrected chi connectivity index (χ1v) is 5.77. The van der Waals surface area contributed by atoms with E-state index in [0.29, 0.717) is 6.54 Å². The summed E-state index contributed by atoms with van der Waals surface area (Å²) >= 11 is 0. The van der Waals surface area contributed by atoms with Gasteiger partial charge >= 0.3 is 0 Å². The van der Waals surface area contributed by atoms with Crippen molar-refractivity contribution >= 4 is 5.78 Å². The maximum atomic E-state index is 13.5. The lowest BCUT2D eigenvalue weighted by Crippen LogP contribution is -2.09. The van der Waals surface area contributed by atoms with Crippen LogP contribution in [0, 0.1) is 5.82 Å². The SMILES string of the molecule is NCc1ccccc1CC(=O)c1ccccc1F. The minimum atomic E-state index is -0.479. The molecular formula is C15H14FNO. The van der Waals surface area contributed by atoms with Crippen molar-refractivity contribution in [1.82, 2.24) is 0 Å². The second-order valence-electron chi connectivity index (χ2n) is 4.05. The van der Waals surface area contributed by atoms with Gasteiger partial charge in [0, 0.05) is 13.0 Å². The summed E-state index contributed by atoms with van der Waals surface area (Å²) in [7, 11) is 0. The average Bonchev–Trinajstić information content (AvgIpc) is 2.39. The molecule has 0 unspecified atom stereocenters. The fraction of sp³-hybridized carbons (Fsp3) is 0.133. The van der Waals surface area contributed by atoms with Crippen LogP contribution in [0.4, 0.5) is 4.39 Å². The Hall–Kier alpha value is -2.00. The zero-order valence-electron chi connectivity index (χ0n) is 9.90. The van der Waals surface area contributed by atoms with Crippen molar-refractivity contribution in [1.29, 1.82) is 0 Å². The van der Waals surface area contributed by atoms with E-state index in [1.165, 1.54) is 12.1 Å². The molecule has 0 saturated carbocycles. The lowest BCUT2D eigenvalue weighted by molar-refractivity contribution is 0.0989. The molecule has 0 radical (unpaired) electrons. The lowest BCUT2D eigenvalue weighted by Gasteiger charge is -2.07. The van der Waals surface area contributed by atoms with Crippen molar-refractivity contribution in [2.75, 3.05) is 0 Å². The number of halogens is 1. The molecule has 3 heteroatoms. The Bertz CT molecular complexity index is 566. The molecule has 0 aliphatic heterocycles. The number of hydrogen-bond donors (Lipinski definition) is 1. The molecule has 2 rings (SSSR count). The molecule has 18 heavy (non-hydrogen) atoms. The van der Waals surface area contributed by atoms with Crippen molar-refractivity contribution in [3.8, 4) is 0 Å². The van der Waals surface area contributed by atoms with E-state index in [4.69, 9.17) is 5.73 Å². The van der Waals surface area contributed by atoms with Crippen molar-refractivity contribution in [2.24, 2.45) is 5.73 Å². The number of benzene rings is 2. The van der Waals surface area contributed by atoms with Gasteiger partial charge in [0.15, 0.2) is 5.78 Å². The third kappa shape index (κ3) is 2.63. The number of carbonyl (C=O) groups is 1. The Morgan fingerprint density at radius 2 is 1.61 bits per heavy atom. The average molecular weight is 243 g/mol. The first-order valence-electron chi connectivity index (χ1n) is 5.77. The number of ketones is 1. The lowest BCUT2D eigenvalue weighted by atomic mass is 9.98. The Morgan fingerprint density at radius 1 is 1.00 bits per heavy atom. The number of rotatable bonds is 4. The smallest absolute Gasteiger partial charge is 0.170 e. The molecule has 0 spiro atoms. The van der Waals surface area contributed by atoms with Crippen LogP contribution in [-0.2, 0) is 13.0 Å². The molecule has 0 aliphatic rings. The summed E-state index contributed by atoms with van der Waals surface area (Å²) in [4.78, 5) is 12.0. The summed E-state index contributed by atoms with van der Waals surface area (Å²) in [6, 6.07) is 13.5. The molecule has 2 aromatic carbocycles. The van der Waals surface area contributed by atoms with Crippen LogP contribution in [0.15, 0.2) is 48.5 Å². The van der Waals surface area contributed by atoms with E-state index in [1.54, 1.807) is 12.1 Å². The summed E-state index contributed by atoms with van der Waals surface area (Å²) in [5.74, 6) is -0.707. The van der Waals surface area contributed by atoms with Crippen LogP contribution in [0.5, 0.6) is 0 Å². The van der Waals surface area contributed by atoms with E-state index in [0.717, 1.165) is 11.1 Å². The van der Waals surface area contributed by atoms with Crippen LogP contribution >= 0.6 is 0 Å². The van der Waals surface area contributed by atoms with Crippen LogP contribution in [0.2, 0.25) is 0 Å². The zero-order chi connectivity index (χ0) is 13.0. The van der Waals surface area contributed by atoms with Crippen LogP contribution < -0.4 is 5.73 Å². The van der Waals surface area contributed by atoms with Crippen LogP contribution in [-0.4, -0.2) is 5.78 Å². The Morgan fingerprint density at radius 3 is 2.28 bits per heavy atom. The molecule has 0 atom stereocenters. The molecule has 92 valence electrons. The molecule has 0 saturated heterocycles. The minimum absolute atomic E-state index is 0.129. The van der Waals surface area contributed by atoms with E-state index in [2.05, 4.69) is 0 Å². The first-order chi connectivity index (χ1) is 8.72. The highest BCUT2D eigenvalue weighted by molar-refractivity contribution is 5.97. The summed E-state index contributed by atoms with van der Waals surface area (Å²) in [6.45, 7) is 0.376. The Balaban J connectivity index is 2.24. The molecule has 2 N–H and O–H groups in total. The number of carbonyl (C=O) groups excluding carboxylic acids is 1. The van der Waals surface area contributed by atoms with Crippen molar-refractivity contribution in [2.45, 2.75) is 13.0 Å². The summed E-state index contributed by atoms with van der Waals surface area (Å²) in [5.41, 5.74) is 7.51. The van der Waals surface area contributed by atoms with E-state index in [-0.39, 0.29) is 17.8 Å². The monoisotopic (exact) mass is 243 g/mol. The van der Waals surface area contributed by atoms with E-state index in [9.17, 15) is 9.18 Å². The Labute approximate surface area is 105 Å². The summed E-state index contributed by atoms with van der Waals surface area (Å²) < 4.78 is 13.5. The third-order valence-electron chi connectivity index (χ3n) is 2.86. The van der Waals surface area contributed by atoms with Gasteiger partial charge in [-0.1, -0.05) is 36.4 Å². The fourth-order valence-corrected chi connectivity index (χ4v) is 1.88. The second-order valence-corrected chi connectivity index (χ2v) is 4.05. The molecule has 2 nitrogen and oxygen atoms in total. The van der Waals surface area contributed by atoms with E-state index in [1.807, 2.05) is 24.3 Å². The van der Waals surface area contributed by atoms with Crippen LogP contribution in [0.25, 0.3) is 0 Å². The second kappa shape index (κ2) is 5.56. The zero-order valence-corrected chi connectivity index (χ0v) is 9.90. The van der Waals surface area contributed by atoms with Crippen LogP contribution in [0.1, 0.15) is 21.5 Å². The van der Waals surface area contributed by atoms with Gasteiger partial charge in [-0.25, -0.2) is 4.39 Å². The van der Waals surface area contributed by atoms with Gasteiger partial charge in [-0.05, 0) is 23.3 Å².